The van der Waals surface area contributed by atoms with Crippen LogP contribution in [0.3, 0.4) is 0 Å². The number of furan rings is 1. The van der Waals surface area contributed by atoms with E-state index in [1.807, 2.05) is 12.1 Å². The Morgan fingerprint density at radius 1 is 0.333 bits per heavy atom. The number of nitrogens with one attached hydrogen (secondary N) is 1. The summed E-state index contributed by atoms with van der Waals surface area (Å²) >= 11 is 0. The largest absolute Gasteiger partial charge is 0.456 e. The van der Waals surface area contributed by atoms with E-state index in [2.05, 4.69) is 151 Å². The van der Waals surface area contributed by atoms with Crippen molar-refractivity contribution in [3.8, 4) is 22.3 Å². The van der Waals surface area contributed by atoms with Crippen molar-refractivity contribution in [1.82, 2.24) is 4.98 Å². The fourth-order valence-corrected chi connectivity index (χ4v) is 8.34. The molecule has 0 aliphatic rings. The maximum atomic E-state index is 6.20. The van der Waals surface area contributed by atoms with Crippen molar-refractivity contribution in [3.05, 3.63) is 158 Å². The zero-order valence-corrected chi connectivity index (χ0v) is 25.9. The molecule has 2 nitrogen and oxygen atoms in total. The lowest BCUT2D eigenvalue weighted by atomic mass is 9.85. The number of aromatic nitrogens is 1. The van der Waals surface area contributed by atoms with Crippen LogP contribution in [-0.4, -0.2) is 4.98 Å². The number of fused-ring (bicyclic) bond motifs is 13. The minimum atomic E-state index is 0.914. The Balaban J connectivity index is 1.21. The predicted octanol–water partition coefficient (Wildman–Crippen LogP) is 13.2. The second-order valence-electron chi connectivity index (χ2n) is 12.9. The Morgan fingerprint density at radius 3 is 1.48 bits per heavy atom. The molecule has 222 valence electrons. The highest BCUT2D eigenvalue weighted by atomic mass is 16.3. The van der Waals surface area contributed by atoms with Crippen molar-refractivity contribution >= 4 is 86.8 Å². The van der Waals surface area contributed by atoms with Crippen molar-refractivity contribution in [3.63, 3.8) is 0 Å². The van der Waals surface area contributed by atoms with Gasteiger partial charge in [-0.05, 0) is 84.2 Å². The first-order valence-electron chi connectivity index (χ1n) is 16.5. The van der Waals surface area contributed by atoms with Crippen molar-refractivity contribution in [2.45, 2.75) is 0 Å². The van der Waals surface area contributed by atoms with Crippen LogP contribution in [0.25, 0.3) is 109 Å². The van der Waals surface area contributed by atoms with Gasteiger partial charge in [0.2, 0.25) is 0 Å². The van der Waals surface area contributed by atoms with Gasteiger partial charge in [0.25, 0.3) is 0 Å². The van der Waals surface area contributed by atoms with Gasteiger partial charge in [-0.3, -0.25) is 0 Å². The Labute approximate surface area is 275 Å². The van der Waals surface area contributed by atoms with E-state index in [0.29, 0.717) is 0 Å². The third-order valence-corrected chi connectivity index (χ3v) is 10.4. The van der Waals surface area contributed by atoms with Gasteiger partial charge in [-0.25, -0.2) is 0 Å². The summed E-state index contributed by atoms with van der Waals surface area (Å²) < 4.78 is 6.20. The molecule has 11 rings (SSSR count). The summed E-state index contributed by atoms with van der Waals surface area (Å²) in [5.41, 5.74) is 9.09. The molecule has 2 heteroatoms. The van der Waals surface area contributed by atoms with Gasteiger partial charge in [-0.2, -0.15) is 0 Å². The highest BCUT2D eigenvalue weighted by molar-refractivity contribution is 6.32. The summed E-state index contributed by atoms with van der Waals surface area (Å²) in [4.78, 5) is 3.88. The average molecular weight is 610 g/mol. The third-order valence-electron chi connectivity index (χ3n) is 10.4. The Bertz CT molecular complexity index is 3060. The molecule has 2 heterocycles. The molecule has 0 saturated heterocycles. The van der Waals surface area contributed by atoms with E-state index >= 15 is 0 Å². The van der Waals surface area contributed by atoms with E-state index in [1.165, 1.54) is 81.6 Å². The van der Waals surface area contributed by atoms with Gasteiger partial charge >= 0.3 is 0 Å². The molecule has 9 aromatic carbocycles. The molecule has 0 bridgehead atoms. The number of rotatable bonds is 2. The fraction of sp³-hybridized carbons (Fsp3) is 0. The summed E-state index contributed by atoms with van der Waals surface area (Å²) in [6, 6.07) is 57.3. The lowest BCUT2D eigenvalue weighted by molar-refractivity contribution is 0.669. The molecular formula is C46H27NO. The molecule has 0 radical (unpaired) electrons. The lowest BCUT2D eigenvalue weighted by Crippen LogP contribution is -1.90. The molecule has 0 saturated carbocycles. The van der Waals surface area contributed by atoms with Gasteiger partial charge in [0, 0.05) is 32.4 Å². The quantitative estimate of drug-likeness (QED) is 0.153. The molecule has 0 unspecified atom stereocenters. The van der Waals surface area contributed by atoms with Crippen molar-refractivity contribution in [2.75, 3.05) is 0 Å². The van der Waals surface area contributed by atoms with E-state index in [0.717, 1.165) is 27.5 Å². The van der Waals surface area contributed by atoms with Crippen molar-refractivity contribution in [2.24, 2.45) is 0 Å². The van der Waals surface area contributed by atoms with Crippen LogP contribution in [0.1, 0.15) is 0 Å². The number of hydrogen-bond donors (Lipinski definition) is 1. The summed E-state index contributed by atoms with van der Waals surface area (Å²) in [7, 11) is 0. The summed E-state index contributed by atoms with van der Waals surface area (Å²) in [5.74, 6) is 0. The van der Waals surface area contributed by atoms with Gasteiger partial charge in [0.15, 0.2) is 0 Å². The molecule has 0 amide bonds. The number of aromatic amines is 1. The zero-order valence-electron chi connectivity index (χ0n) is 25.9. The number of para-hydroxylation sites is 1. The van der Waals surface area contributed by atoms with E-state index in [4.69, 9.17) is 4.42 Å². The maximum absolute atomic E-state index is 6.20. The number of hydrogen-bond acceptors (Lipinski definition) is 1. The number of benzene rings is 9. The maximum Gasteiger partial charge on any atom is 0.135 e. The van der Waals surface area contributed by atoms with Crippen LogP contribution in [0.5, 0.6) is 0 Å². The van der Waals surface area contributed by atoms with E-state index in [1.54, 1.807) is 0 Å². The lowest BCUT2D eigenvalue weighted by Gasteiger charge is -2.18. The molecule has 2 aromatic heterocycles. The number of H-pyrrole nitrogens is 1. The molecule has 0 aliphatic heterocycles. The Morgan fingerprint density at radius 2 is 0.812 bits per heavy atom. The van der Waals surface area contributed by atoms with Crippen molar-refractivity contribution < 1.29 is 4.42 Å². The molecule has 0 spiro atoms. The monoisotopic (exact) mass is 609 g/mol. The molecule has 1 N–H and O–H groups in total. The summed E-state index contributed by atoms with van der Waals surface area (Å²) in [6.07, 6.45) is 0. The van der Waals surface area contributed by atoms with Crippen LogP contribution < -0.4 is 0 Å². The SMILES string of the molecule is c1ccc2c(c1)oc1ccc(-c3c4ccccc4c(-c4ccc5c(c4)[nH]c4c6ccccc6c6ccccc6c54)c4ccccc34)cc12. The van der Waals surface area contributed by atoms with Crippen LogP contribution in [0.15, 0.2) is 162 Å². The van der Waals surface area contributed by atoms with Crippen LogP contribution in [0.4, 0.5) is 0 Å². The highest BCUT2D eigenvalue weighted by Crippen LogP contribution is 2.46. The average Bonchev–Trinajstić information content (AvgIpc) is 3.72. The topological polar surface area (TPSA) is 28.9 Å². The molecule has 0 aliphatic carbocycles. The van der Waals surface area contributed by atoms with Crippen LogP contribution >= 0.6 is 0 Å². The zero-order chi connectivity index (χ0) is 31.3. The molecule has 11 aromatic rings. The molecule has 48 heavy (non-hydrogen) atoms. The fourth-order valence-electron chi connectivity index (χ4n) is 8.34. The third kappa shape index (κ3) is 3.46. The van der Waals surface area contributed by atoms with Gasteiger partial charge in [-0.15, -0.1) is 0 Å². The van der Waals surface area contributed by atoms with E-state index in [-0.39, 0.29) is 0 Å². The Kier molecular flexibility index (Phi) is 5.14. The minimum Gasteiger partial charge on any atom is -0.456 e. The minimum absolute atomic E-state index is 0.914. The van der Waals surface area contributed by atoms with E-state index in [9.17, 15) is 0 Å². The standard InChI is InChI=1S/C46H27NO/c1-3-14-32-29(11-1)30-12-2-8-19-37(30)46-45(32)38-23-21-28(26-40(38)47-46)44-35-17-6-4-15-33(35)43(34-16-5-7-18-36(34)44)27-22-24-42-39(25-27)31-13-9-10-20-41(31)48-42/h1-26,47H. The highest BCUT2D eigenvalue weighted by Gasteiger charge is 2.19. The van der Waals surface area contributed by atoms with Crippen LogP contribution in [0.2, 0.25) is 0 Å². The molecule has 0 fully saturated rings. The normalized spacial score (nSPS) is 12.2. The van der Waals surface area contributed by atoms with Crippen molar-refractivity contribution in [1.29, 1.82) is 0 Å². The van der Waals surface area contributed by atoms with Gasteiger partial charge in [-0.1, -0.05) is 133 Å². The predicted molar refractivity (Wildman–Crippen MR) is 204 cm³/mol. The first-order chi connectivity index (χ1) is 23.8. The van der Waals surface area contributed by atoms with E-state index < -0.39 is 0 Å². The second-order valence-corrected chi connectivity index (χ2v) is 12.9. The van der Waals surface area contributed by atoms with Gasteiger partial charge < -0.3 is 9.40 Å². The van der Waals surface area contributed by atoms with Crippen LogP contribution in [0, 0.1) is 0 Å². The first-order valence-corrected chi connectivity index (χ1v) is 16.5. The molecule has 0 atom stereocenters. The van der Waals surface area contributed by atoms with Gasteiger partial charge in [0.05, 0.1) is 5.52 Å². The summed E-state index contributed by atoms with van der Waals surface area (Å²) in [6.45, 7) is 0. The first kappa shape index (κ1) is 25.8. The summed E-state index contributed by atoms with van der Waals surface area (Å²) in [5, 5.41) is 14.9. The Hall–Kier alpha value is -6.38. The smallest absolute Gasteiger partial charge is 0.135 e. The van der Waals surface area contributed by atoms with Gasteiger partial charge in [0.1, 0.15) is 11.2 Å². The van der Waals surface area contributed by atoms with Crippen LogP contribution in [-0.2, 0) is 0 Å². The second kappa shape index (κ2) is 9.57. The molecular weight excluding hydrogens is 583 g/mol.